The number of nitrogens with zero attached hydrogens (tertiary/aromatic N) is 4. The monoisotopic (exact) mass is 414 g/mol. The fraction of sp³-hybridized carbons (Fsp3) is 0.280. The summed E-state index contributed by atoms with van der Waals surface area (Å²) < 4.78 is 12.5. The zero-order valence-corrected chi connectivity index (χ0v) is 17.9. The van der Waals surface area contributed by atoms with E-state index < -0.39 is 0 Å². The Labute approximate surface area is 182 Å². The van der Waals surface area contributed by atoms with Gasteiger partial charge in [-0.15, -0.1) is 0 Å². The Morgan fingerprint density at radius 1 is 0.839 bits per heavy atom. The Morgan fingerprint density at radius 3 is 2.13 bits per heavy atom. The van der Waals surface area contributed by atoms with Crippen molar-refractivity contribution in [2.75, 3.05) is 20.8 Å². The molecular weight excluding hydrogens is 388 g/mol. The van der Waals surface area contributed by atoms with Crippen LogP contribution in [0.3, 0.4) is 0 Å². The molecule has 1 aliphatic heterocycles. The molecule has 0 aliphatic carbocycles. The molecule has 0 unspecified atom stereocenters. The standard InChI is InChI=1S/C25H26N4O2/c1-30-21-7-3-18(4-8-21)15-28-12-11-23-20(17-28)13-26-25-24(23)14-27-29(25)16-19-5-9-22(31-2)10-6-19/h3-10,13-14H,11-12,15-17H2,1-2H3. The highest BCUT2D eigenvalue weighted by atomic mass is 16.5. The molecule has 0 bridgehead atoms. The molecule has 0 spiro atoms. The van der Waals surface area contributed by atoms with Gasteiger partial charge in [-0.3, -0.25) is 4.90 Å². The molecule has 31 heavy (non-hydrogen) atoms. The van der Waals surface area contributed by atoms with Gasteiger partial charge in [-0.1, -0.05) is 24.3 Å². The van der Waals surface area contributed by atoms with Crippen molar-refractivity contribution < 1.29 is 9.47 Å². The molecule has 2 aromatic heterocycles. The highest BCUT2D eigenvalue weighted by molar-refractivity contribution is 5.80. The minimum absolute atomic E-state index is 0.697. The summed E-state index contributed by atoms with van der Waals surface area (Å²) in [6.45, 7) is 3.57. The van der Waals surface area contributed by atoms with Gasteiger partial charge in [-0.05, 0) is 52.9 Å². The van der Waals surface area contributed by atoms with Crippen LogP contribution in [0.1, 0.15) is 22.3 Å². The Balaban J connectivity index is 1.33. The summed E-state index contributed by atoms with van der Waals surface area (Å²) in [5.41, 5.74) is 6.12. The molecule has 2 aromatic carbocycles. The van der Waals surface area contributed by atoms with Crippen LogP contribution in [0.15, 0.2) is 60.9 Å². The minimum atomic E-state index is 0.697. The maximum absolute atomic E-state index is 5.26. The number of benzene rings is 2. The summed E-state index contributed by atoms with van der Waals surface area (Å²) in [6, 6.07) is 16.4. The van der Waals surface area contributed by atoms with Crippen molar-refractivity contribution in [1.29, 1.82) is 0 Å². The van der Waals surface area contributed by atoms with Gasteiger partial charge < -0.3 is 9.47 Å². The second-order valence-electron chi connectivity index (χ2n) is 7.96. The second kappa shape index (κ2) is 8.40. The molecule has 1 aliphatic rings. The predicted molar refractivity (Wildman–Crippen MR) is 120 cm³/mol. The van der Waals surface area contributed by atoms with Crippen LogP contribution in [0.25, 0.3) is 11.0 Å². The van der Waals surface area contributed by atoms with Crippen LogP contribution in [0.4, 0.5) is 0 Å². The molecule has 0 fully saturated rings. The first-order valence-corrected chi connectivity index (χ1v) is 10.5. The number of hydrogen-bond donors (Lipinski definition) is 0. The van der Waals surface area contributed by atoms with E-state index in [1.807, 2.05) is 41.3 Å². The van der Waals surface area contributed by atoms with Gasteiger partial charge in [0.05, 0.1) is 27.0 Å². The lowest BCUT2D eigenvalue weighted by atomic mass is 9.99. The summed E-state index contributed by atoms with van der Waals surface area (Å²) in [7, 11) is 3.38. The molecule has 0 saturated carbocycles. The van der Waals surface area contributed by atoms with E-state index in [0.717, 1.165) is 43.2 Å². The molecule has 0 amide bonds. The molecule has 6 nitrogen and oxygen atoms in total. The highest BCUT2D eigenvalue weighted by Gasteiger charge is 2.21. The molecule has 0 N–H and O–H groups in total. The minimum Gasteiger partial charge on any atom is -0.497 e. The van der Waals surface area contributed by atoms with Gasteiger partial charge in [0.25, 0.3) is 0 Å². The summed E-state index contributed by atoms with van der Waals surface area (Å²) in [4.78, 5) is 7.25. The topological polar surface area (TPSA) is 52.4 Å². The second-order valence-corrected chi connectivity index (χ2v) is 7.96. The first-order chi connectivity index (χ1) is 15.2. The van der Waals surface area contributed by atoms with E-state index in [2.05, 4.69) is 34.3 Å². The number of rotatable bonds is 6. The fourth-order valence-electron chi connectivity index (χ4n) is 4.28. The van der Waals surface area contributed by atoms with Gasteiger partial charge in [0.1, 0.15) is 11.5 Å². The molecule has 4 aromatic rings. The van der Waals surface area contributed by atoms with Gasteiger partial charge in [-0.25, -0.2) is 9.67 Å². The van der Waals surface area contributed by atoms with Gasteiger partial charge in [0.2, 0.25) is 0 Å². The highest BCUT2D eigenvalue weighted by Crippen LogP contribution is 2.27. The average molecular weight is 415 g/mol. The summed E-state index contributed by atoms with van der Waals surface area (Å²) in [6.07, 6.45) is 5.02. The predicted octanol–water partition coefficient (Wildman–Crippen LogP) is 4.06. The quantitative estimate of drug-likeness (QED) is 0.476. The Hall–Kier alpha value is -3.38. The third kappa shape index (κ3) is 3.99. The summed E-state index contributed by atoms with van der Waals surface area (Å²) in [5, 5.41) is 5.82. The Bertz CT molecular complexity index is 1180. The van der Waals surface area contributed by atoms with Crippen molar-refractivity contribution in [3.05, 3.63) is 83.2 Å². The first kappa shape index (κ1) is 19.6. The van der Waals surface area contributed by atoms with E-state index in [0.29, 0.717) is 6.54 Å². The summed E-state index contributed by atoms with van der Waals surface area (Å²) in [5.74, 6) is 1.76. The van der Waals surface area contributed by atoms with E-state index in [9.17, 15) is 0 Å². The van der Waals surface area contributed by atoms with Crippen molar-refractivity contribution in [1.82, 2.24) is 19.7 Å². The van der Waals surface area contributed by atoms with E-state index in [-0.39, 0.29) is 0 Å². The molecule has 3 heterocycles. The SMILES string of the molecule is COc1ccc(CN2CCc3c(cnc4c3cnn4Cc3ccc(OC)cc3)C2)cc1. The lowest BCUT2D eigenvalue weighted by Gasteiger charge is -2.29. The van der Waals surface area contributed by atoms with Crippen LogP contribution >= 0.6 is 0 Å². The first-order valence-electron chi connectivity index (χ1n) is 10.5. The number of methoxy groups -OCH3 is 2. The zero-order valence-electron chi connectivity index (χ0n) is 17.9. The lowest BCUT2D eigenvalue weighted by Crippen LogP contribution is -2.30. The van der Waals surface area contributed by atoms with Crippen LogP contribution in [-0.2, 0) is 26.1 Å². The van der Waals surface area contributed by atoms with Crippen molar-refractivity contribution in [2.24, 2.45) is 0 Å². The number of ether oxygens (including phenoxy) is 2. The van der Waals surface area contributed by atoms with Gasteiger partial charge >= 0.3 is 0 Å². The van der Waals surface area contributed by atoms with Gasteiger partial charge in [0, 0.05) is 31.2 Å². The zero-order chi connectivity index (χ0) is 21.2. The van der Waals surface area contributed by atoms with E-state index in [4.69, 9.17) is 14.5 Å². The largest absolute Gasteiger partial charge is 0.497 e. The molecule has 6 heteroatoms. The normalized spacial score (nSPS) is 13.9. The molecular formula is C25H26N4O2. The van der Waals surface area contributed by atoms with Crippen molar-refractivity contribution in [2.45, 2.75) is 26.1 Å². The molecule has 0 saturated heterocycles. The molecule has 5 rings (SSSR count). The molecule has 0 radical (unpaired) electrons. The third-order valence-corrected chi connectivity index (χ3v) is 6.00. The maximum atomic E-state index is 5.26. The van der Waals surface area contributed by atoms with Gasteiger partial charge in [0.15, 0.2) is 5.65 Å². The summed E-state index contributed by atoms with van der Waals surface area (Å²) >= 11 is 0. The van der Waals surface area contributed by atoms with Gasteiger partial charge in [-0.2, -0.15) is 5.10 Å². The van der Waals surface area contributed by atoms with E-state index in [1.165, 1.54) is 27.6 Å². The van der Waals surface area contributed by atoms with Crippen molar-refractivity contribution in [3.63, 3.8) is 0 Å². The third-order valence-electron chi connectivity index (χ3n) is 6.00. The smallest absolute Gasteiger partial charge is 0.158 e. The lowest BCUT2D eigenvalue weighted by molar-refractivity contribution is 0.246. The number of aromatic nitrogens is 3. The fourth-order valence-corrected chi connectivity index (χ4v) is 4.28. The number of pyridine rings is 1. The number of hydrogen-bond acceptors (Lipinski definition) is 5. The van der Waals surface area contributed by atoms with Crippen LogP contribution in [-0.4, -0.2) is 40.4 Å². The van der Waals surface area contributed by atoms with Crippen LogP contribution in [0.5, 0.6) is 11.5 Å². The van der Waals surface area contributed by atoms with E-state index in [1.54, 1.807) is 14.2 Å². The molecule has 0 atom stereocenters. The Morgan fingerprint density at radius 2 is 1.48 bits per heavy atom. The number of fused-ring (bicyclic) bond motifs is 3. The average Bonchev–Trinajstić information content (AvgIpc) is 3.23. The van der Waals surface area contributed by atoms with Crippen LogP contribution in [0.2, 0.25) is 0 Å². The molecule has 158 valence electrons. The maximum Gasteiger partial charge on any atom is 0.158 e. The van der Waals surface area contributed by atoms with Crippen molar-refractivity contribution in [3.8, 4) is 11.5 Å². The van der Waals surface area contributed by atoms with Crippen LogP contribution < -0.4 is 9.47 Å². The van der Waals surface area contributed by atoms with Crippen LogP contribution in [0, 0.1) is 0 Å². The van der Waals surface area contributed by atoms with E-state index >= 15 is 0 Å². The van der Waals surface area contributed by atoms with Crippen molar-refractivity contribution >= 4 is 11.0 Å². The Kier molecular flexibility index (Phi) is 5.30.